The van der Waals surface area contributed by atoms with Crippen LogP contribution in [0.4, 0.5) is 20.6 Å². The Balaban J connectivity index is 2.12. The lowest BCUT2D eigenvalue weighted by molar-refractivity contribution is -0.116. The number of amides is 3. The first kappa shape index (κ1) is 17.2. The lowest BCUT2D eigenvalue weighted by atomic mass is 10.1. The second-order valence-corrected chi connectivity index (χ2v) is 6.37. The van der Waals surface area contributed by atoms with Crippen molar-refractivity contribution in [2.24, 2.45) is 0 Å². The van der Waals surface area contributed by atoms with E-state index in [4.69, 9.17) is 4.74 Å². The van der Waals surface area contributed by atoms with Crippen molar-refractivity contribution < 1.29 is 18.7 Å². The SMILES string of the molecule is CC(=O)Nc1ccc(F)c(NC(=O)N2CC(C)OC(C)(C)C2)c1. The molecule has 2 N–H and O–H groups in total. The summed E-state index contributed by atoms with van der Waals surface area (Å²) in [4.78, 5) is 25.1. The molecule has 1 unspecified atom stereocenters. The van der Waals surface area contributed by atoms with Crippen LogP contribution in [0.5, 0.6) is 0 Å². The van der Waals surface area contributed by atoms with E-state index in [1.807, 2.05) is 20.8 Å². The highest BCUT2D eigenvalue weighted by Gasteiger charge is 2.33. The van der Waals surface area contributed by atoms with Crippen molar-refractivity contribution >= 4 is 23.3 Å². The average Bonchev–Trinajstić information content (AvgIpc) is 2.39. The van der Waals surface area contributed by atoms with Crippen molar-refractivity contribution in [3.8, 4) is 0 Å². The second kappa shape index (κ2) is 6.54. The molecule has 7 heteroatoms. The number of nitrogens with one attached hydrogen (secondary N) is 2. The highest BCUT2D eigenvalue weighted by atomic mass is 19.1. The summed E-state index contributed by atoms with van der Waals surface area (Å²) in [5, 5.41) is 5.11. The third-order valence-electron chi connectivity index (χ3n) is 3.38. The number of carbonyl (C=O) groups excluding carboxylic acids is 2. The largest absolute Gasteiger partial charge is 0.369 e. The minimum absolute atomic E-state index is 0.0261. The van der Waals surface area contributed by atoms with Gasteiger partial charge in [-0.25, -0.2) is 9.18 Å². The van der Waals surface area contributed by atoms with Crippen LogP contribution in [-0.4, -0.2) is 41.6 Å². The van der Waals surface area contributed by atoms with Gasteiger partial charge in [-0.05, 0) is 39.0 Å². The predicted octanol–water partition coefficient (Wildman–Crippen LogP) is 2.82. The molecule has 0 saturated carbocycles. The predicted molar refractivity (Wildman–Crippen MR) is 85.9 cm³/mol. The fraction of sp³-hybridized carbons (Fsp3) is 0.500. The van der Waals surface area contributed by atoms with E-state index in [-0.39, 0.29) is 17.7 Å². The van der Waals surface area contributed by atoms with Gasteiger partial charge in [-0.15, -0.1) is 0 Å². The summed E-state index contributed by atoms with van der Waals surface area (Å²) in [6.45, 7) is 7.90. The van der Waals surface area contributed by atoms with Crippen LogP contribution in [0.15, 0.2) is 18.2 Å². The number of rotatable bonds is 2. The molecule has 0 bridgehead atoms. The molecule has 3 amide bonds. The number of anilines is 2. The molecule has 1 saturated heterocycles. The van der Waals surface area contributed by atoms with Gasteiger partial charge in [-0.3, -0.25) is 4.79 Å². The fourth-order valence-corrected chi connectivity index (χ4v) is 2.70. The number of benzene rings is 1. The first-order valence-corrected chi connectivity index (χ1v) is 7.47. The fourth-order valence-electron chi connectivity index (χ4n) is 2.70. The zero-order valence-electron chi connectivity index (χ0n) is 13.8. The van der Waals surface area contributed by atoms with Crippen LogP contribution in [0.2, 0.25) is 0 Å². The number of nitrogens with zero attached hydrogens (tertiary/aromatic N) is 1. The maximum Gasteiger partial charge on any atom is 0.322 e. The number of carbonyl (C=O) groups is 2. The molecule has 0 aromatic heterocycles. The first-order chi connectivity index (χ1) is 10.7. The number of urea groups is 1. The highest BCUT2D eigenvalue weighted by Crippen LogP contribution is 2.23. The van der Waals surface area contributed by atoms with Crippen LogP contribution >= 0.6 is 0 Å². The van der Waals surface area contributed by atoms with Gasteiger partial charge in [-0.1, -0.05) is 0 Å². The molecule has 1 fully saturated rings. The quantitative estimate of drug-likeness (QED) is 0.879. The Morgan fingerprint density at radius 1 is 1.35 bits per heavy atom. The molecule has 1 aliphatic heterocycles. The maximum absolute atomic E-state index is 13.9. The van der Waals surface area contributed by atoms with Gasteiger partial charge in [-0.2, -0.15) is 0 Å². The minimum Gasteiger partial charge on any atom is -0.369 e. The molecule has 0 spiro atoms. The Morgan fingerprint density at radius 2 is 2.04 bits per heavy atom. The van der Waals surface area contributed by atoms with E-state index in [1.54, 1.807) is 4.90 Å². The van der Waals surface area contributed by atoms with E-state index in [0.717, 1.165) is 0 Å². The lowest BCUT2D eigenvalue weighted by Crippen LogP contribution is -2.54. The maximum atomic E-state index is 13.9. The van der Waals surface area contributed by atoms with Gasteiger partial charge in [0.15, 0.2) is 0 Å². The molecular formula is C16H22FN3O3. The Bertz CT molecular complexity index is 619. The summed E-state index contributed by atoms with van der Waals surface area (Å²) in [5.74, 6) is -0.828. The van der Waals surface area contributed by atoms with Gasteiger partial charge in [0, 0.05) is 19.2 Å². The molecule has 1 atom stereocenters. The van der Waals surface area contributed by atoms with E-state index in [2.05, 4.69) is 10.6 Å². The number of hydrogen-bond donors (Lipinski definition) is 2. The summed E-state index contributed by atoms with van der Waals surface area (Å²) < 4.78 is 19.6. The van der Waals surface area contributed by atoms with Crippen LogP contribution in [0.1, 0.15) is 27.7 Å². The summed E-state index contributed by atoms with van der Waals surface area (Å²) in [6.07, 6.45) is -0.0972. The van der Waals surface area contributed by atoms with E-state index in [0.29, 0.717) is 18.8 Å². The molecule has 6 nitrogen and oxygen atoms in total. The molecule has 2 rings (SSSR count). The van der Waals surface area contributed by atoms with E-state index in [1.165, 1.54) is 25.1 Å². The summed E-state index contributed by atoms with van der Waals surface area (Å²) in [6, 6.07) is 3.63. The number of hydrogen-bond acceptors (Lipinski definition) is 3. The number of ether oxygens (including phenoxy) is 1. The van der Waals surface area contributed by atoms with Crippen molar-refractivity contribution in [2.75, 3.05) is 23.7 Å². The van der Waals surface area contributed by atoms with Gasteiger partial charge in [0.25, 0.3) is 0 Å². The van der Waals surface area contributed by atoms with Crippen LogP contribution < -0.4 is 10.6 Å². The highest BCUT2D eigenvalue weighted by molar-refractivity contribution is 5.92. The minimum atomic E-state index is -0.562. The smallest absolute Gasteiger partial charge is 0.322 e. The van der Waals surface area contributed by atoms with E-state index >= 15 is 0 Å². The summed E-state index contributed by atoms with van der Waals surface area (Å²) in [5.41, 5.74) is -0.00550. The van der Waals surface area contributed by atoms with Crippen LogP contribution in [0, 0.1) is 5.82 Å². The Labute approximate surface area is 135 Å². The summed E-state index contributed by atoms with van der Waals surface area (Å²) >= 11 is 0. The van der Waals surface area contributed by atoms with Crippen LogP contribution in [0.25, 0.3) is 0 Å². The molecule has 0 radical (unpaired) electrons. The monoisotopic (exact) mass is 323 g/mol. The third kappa shape index (κ3) is 4.66. The molecule has 126 valence electrons. The normalized spacial score (nSPS) is 20.0. The first-order valence-electron chi connectivity index (χ1n) is 7.47. The van der Waals surface area contributed by atoms with Crippen molar-refractivity contribution in [1.82, 2.24) is 4.90 Å². The van der Waals surface area contributed by atoms with Crippen molar-refractivity contribution in [3.63, 3.8) is 0 Å². The number of halogens is 1. The molecular weight excluding hydrogens is 301 g/mol. The standard InChI is InChI=1S/C16H22FN3O3/c1-10-8-20(9-16(3,4)23-10)15(22)19-14-7-12(18-11(2)21)5-6-13(14)17/h5-7,10H,8-9H2,1-4H3,(H,18,21)(H,19,22). The molecule has 1 aromatic rings. The Hall–Kier alpha value is -2.15. The van der Waals surface area contributed by atoms with Crippen LogP contribution in [-0.2, 0) is 9.53 Å². The van der Waals surface area contributed by atoms with Crippen LogP contribution in [0.3, 0.4) is 0 Å². The number of morpholine rings is 1. The van der Waals surface area contributed by atoms with E-state index in [9.17, 15) is 14.0 Å². The van der Waals surface area contributed by atoms with E-state index < -0.39 is 17.4 Å². The zero-order chi connectivity index (χ0) is 17.2. The molecule has 1 aliphatic rings. The average molecular weight is 323 g/mol. The molecule has 23 heavy (non-hydrogen) atoms. The van der Waals surface area contributed by atoms with Crippen molar-refractivity contribution in [3.05, 3.63) is 24.0 Å². The van der Waals surface area contributed by atoms with Gasteiger partial charge >= 0.3 is 6.03 Å². The van der Waals surface area contributed by atoms with Gasteiger partial charge in [0.05, 0.1) is 23.9 Å². The zero-order valence-corrected chi connectivity index (χ0v) is 13.8. The second-order valence-electron chi connectivity index (χ2n) is 6.37. The molecule has 0 aliphatic carbocycles. The lowest BCUT2D eigenvalue weighted by Gasteiger charge is -2.41. The summed E-state index contributed by atoms with van der Waals surface area (Å²) in [7, 11) is 0. The van der Waals surface area contributed by atoms with Gasteiger partial charge in [0.2, 0.25) is 5.91 Å². The molecule has 1 heterocycles. The topological polar surface area (TPSA) is 70.7 Å². The van der Waals surface area contributed by atoms with Crippen molar-refractivity contribution in [2.45, 2.75) is 39.4 Å². The van der Waals surface area contributed by atoms with Crippen molar-refractivity contribution in [1.29, 1.82) is 0 Å². The third-order valence-corrected chi connectivity index (χ3v) is 3.38. The Kier molecular flexibility index (Phi) is 4.89. The molecule has 1 aromatic carbocycles. The van der Waals surface area contributed by atoms with Gasteiger partial charge < -0.3 is 20.3 Å². The Morgan fingerprint density at radius 3 is 2.65 bits per heavy atom. The van der Waals surface area contributed by atoms with Gasteiger partial charge in [0.1, 0.15) is 5.82 Å².